The Morgan fingerprint density at radius 2 is 1.98 bits per heavy atom. The monoisotopic (exact) mass is 634 g/mol. The molecule has 3 aromatic rings. The second kappa shape index (κ2) is 13.1. The summed E-state index contributed by atoms with van der Waals surface area (Å²) in [5.41, 5.74) is 7.69. The first kappa shape index (κ1) is 31.7. The van der Waals surface area contributed by atoms with Crippen LogP contribution in [0.4, 0.5) is 15.8 Å². The van der Waals surface area contributed by atoms with Gasteiger partial charge in [-0.25, -0.2) is 4.39 Å². The third-order valence-corrected chi connectivity index (χ3v) is 9.43. The summed E-state index contributed by atoms with van der Waals surface area (Å²) in [6.45, 7) is 11.6. The Morgan fingerprint density at radius 3 is 2.64 bits per heavy atom. The number of halogens is 2. The van der Waals surface area contributed by atoms with Gasteiger partial charge in [-0.2, -0.15) is 0 Å². The highest BCUT2D eigenvalue weighted by Gasteiger charge is 2.34. The van der Waals surface area contributed by atoms with Crippen molar-refractivity contribution in [1.82, 2.24) is 0 Å². The highest BCUT2D eigenvalue weighted by molar-refractivity contribution is 7.99. The van der Waals surface area contributed by atoms with Gasteiger partial charge in [-0.05, 0) is 84.5 Å². The molecule has 2 aliphatic heterocycles. The normalized spacial score (nSPS) is 16.7. The molecule has 1 fully saturated rings. The zero-order valence-electron chi connectivity index (χ0n) is 25.3. The van der Waals surface area contributed by atoms with Crippen LogP contribution in [0.25, 0.3) is 22.3 Å². The van der Waals surface area contributed by atoms with Gasteiger partial charge in [-0.1, -0.05) is 54.4 Å². The molecular formula is C35H36ClFN2O4S. The highest BCUT2D eigenvalue weighted by atomic mass is 35.5. The minimum Gasteiger partial charge on any atom is -0.507 e. The summed E-state index contributed by atoms with van der Waals surface area (Å²) in [6, 6.07) is 8.35. The van der Waals surface area contributed by atoms with Crippen LogP contribution in [0.5, 0.6) is 5.75 Å². The van der Waals surface area contributed by atoms with Crippen molar-refractivity contribution in [3.05, 3.63) is 99.9 Å². The summed E-state index contributed by atoms with van der Waals surface area (Å²) < 4.78 is 24.6. The van der Waals surface area contributed by atoms with Crippen LogP contribution in [0.2, 0.25) is 5.02 Å². The topological polar surface area (TPSA) is 73.2 Å². The first-order chi connectivity index (χ1) is 21.1. The maximum Gasteiger partial charge on any atom is 0.307 e. The maximum absolute atomic E-state index is 16.6. The number of hydrogen-bond donors (Lipinski definition) is 2. The van der Waals surface area contributed by atoms with E-state index < -0.39 is 5.97 Å². The van der Waals surface area contributed by atoms with Gasteiger partial charge in [0.1, 0.15) is 11.6 Å². The van der Waals surface area contributed by atoms with E-state index in [9.17, 15) is 15.0 Å². The Bertz CT molecular complexity index is 1700. The fourth-order valence-corrected chi connectivity index (χ4v) is 7.34. The number of anilines is 2. The second-order valence-corrected chi connectivity index (χ2v) is 12.2. The van der Waals surface area contributed by atoms with Crippen molar-refractivity contribution in [3.63, 3.8) is 0 Å². The fraction of sp³-hybridized carbons (Fsp3) is 0.286. The number of allylic oxidation sites excluding steroid dienone is 3. The quantitative estimate of drug-likeness (QED) is 0.191. The highest BCUT2D eigenvalue weighted by Crippen LogP contribution is 2.52. The molecule has 2 N–H and O–H groups in total. The molecule has 1 saturated heterocycles. The number of morpholine rings is 1. The van der Waals surface area contributed by atoms with Gasteiger partial charge in [-0.15, -0.1) is 0 Å². The molecule has 5 rings (SSSR count). The Morgan fingerprint density at radius 1 is 1.20 bits per heavy atom. The zero-order chi connectivity index (χ0) is 31.7. The number of fused-ring (bicyclic) bond motifs is 3. The summed E-state index contributed by atoms with van der Waals surface area (Å²) in [6.07, 6.45) is 9.38. The van der Waals surface area contributed by atoms with Crippen molar-refractivity contribution in [1.29, 1.82) is 0 Å². The lowest BCUT2D eigenvalue weighted by Gasteiger charge is -2.40. The number of carboxylic acid groups (broad SMARTS) is 1. The SMILES string of the molecule is C=C/C=C\C(=C/C)C1COCCN1c1cc(F)c2c(c1)CN(SC)c1c(C)c(CC(=O)O)c(-c3ccc(Cl)cc3O)c(C)c1-2. The van der Waals surface area contributed by atoms with E-state index in [1.807, 2.05) is 45.3 Å². The molecule has 0 spiro atoms. The minimum absolute atomic E-state index is 0.0659. The average molecular weight is 635 g/mol. The first-order valence-corrected chi connectivity index (χ1v) is 16.0. The third kappa shape index (κ3) is 5.74. The average Bonchev–Trinajstić information content (AvgIpc) is 3.00. The molecule has 44 heavy (non-hydrogen) atoms. The van der Waals surface area contributed by atoms with E-state index in [2.05, 4.69) is 21.9 Å². The van der Waals surface area contributed by atoms with Gasteiger partial charge in [0.05, 0.1) is 37.9 Å². The number of rotatable bonds is 8. The van der Waals surface area contributed by atoms with Crippen LogP contribution in [0.1, 0.15) is 29.2 Å². The van der Waals surface area contributed by atoms with Gasteiger partial charge in [0.2, 0.25) is 0 Å². The van der Waals surface area contributed by atoms with Crippen LogP contribution in [-0.2, 0) is 22.5 Å². The van der Waals surface area contributed by atoms with Crippen LogP contribution in [0.15, 0.2) is 66.8 Å². The summed E-state index contributed by atoms with van der Waals surface area (Å²) in [7, 11) is 0. The predicted molar refractivity (Wildman–Crippen MR) is 180 cm³/mol. The van der Waals surface area contributed by atoms with Gasteiger partial charge in [0.25, 0.3) is 0 Å². The van der Waals surface area contributed by atoms with Crippen LogP contribution in [-0.4, -0.2) is 48.2 Å². The number of aliphatic carboxylic acids is 1. The summed E-state index contributed by atoms with van der Waals surface area (Å²) in [5, 5.41) is 21.2. The molecule has 3 aromatic carbocycles. The van der Waals surface area contributed by atoms with Crippen molar-refractivity contribution < 1.29 is 24.1 Å². The summed E-state index contributed by atoms with van der Waals surface area (Å²) >= 11 is 7.66. The number of phenols is 1. The van der Waals surface area contributed by atoms with Crippen LogP contribution < -0.4 is 9.21 Å². The molecule has 9 heteroatoms. The molecule has 0 amide bonds. The Balaban J connectivity index is 1.75. The lowest BCUT2D eigenvalue weighted by atomic mass is 9.80. The number of hydrogen-bond acceptors (Lipinski definition) is 6. The predicted octanol–water partition coefficient (Wildman–Crippen LogP) is 8.25. The fourth-order valence-electron chi connectivity index (χ4n) is 6.49. The lowest BCUT2D eigenvalue weighted by molar-refractivity contribution is -0.136. The van der Waals surface area contributed by atoms with Gasteiger partial charge in [0.15, 0.2) is 0 Å². The molecule has 0 aliphatic carbocycles. The molecule has 230 valence electrons. The van der Waals surface area contributed by atoms with E-state index in [1.165, 1.54) is 18.0 Å². The first-order valence-electron chi connectivity index (χ1n) is 14.4. The molecule has 0 saturated carbocycles. The molecule has 2 aliphatic rings. The molecule has 0 aromatic heterocycles. The van der Waals surface area contributed by atoms with Crippen LogP contribution in [0.3, 0.4) is 0 Å². The van der Waals surface area contributed by atoms with E-state index in [0.717, 1.165) is 28.1 Å². The van der Waals surface area contributed by atoms with Crippen LogP contribution >= 0.6 is 23.5 Å². The largest absolute Gasteiger partial charge is 0.507 e. The van der Waals surface area contributed by atoms with Gasteiger partial charge >= 0.3 is 5.97 Å². The smallest absolute Gasteiger partial charge is 0.307 e. The lowest BCUT2D eigenvalue weighted by Crippen LogP contribution is -2.46. The van der Waals surface area contributed by atoms with Crippen molar-refractivity contribution in [2.45, 2.75) is 39.8 Å². The molecule has 2 heterocycles. The molecule has 1 atom stereocenters. The van der Waals surface area contributed by atoms with E-state index in [-0.39, 0.29) is 24.0 Å². The van der Waals surface area contributed by atoms with Crippen molar-refractivity contribution in [2.24, 2.45) is 0 Å². The van der Waals surface area contributed by atoms with E-state index >= 15 is 4.39 Å². The van der Waals surface area contributed by atoms with Crippen molar-refractivity contribution >= 4 is 40.9 Å². The molecular weight excluding hydrogens is 599 g/mol. The number of aromatic hydroxyl groups is 1. The Hall–Kier alpha value is -3.72. The third-order valence-electron chi connectivity index (χ3n) is 8.45. The van der Waals surface area contributed by atoms with Gasteiger partial charge in [-0.3, -0.25) is 4.79 Å². The number of phenolic OH excluding ortho intramolecular Hbond substituents is 1. The maximum atomic E-state index is 16.6. The van der Waals surface area contributed by atoms with Gasteiger partial charge in [0, 0.05) is 40.2 Å². The van der Waals surface area contributed by atoms with Crippen LogP contribution in [0, 0.1) is 19.7 Å². The minimum atomic E-state index is -0.992. The number of carboxylic acids is 1. The Labute approximate surface area is 267 Å². The molecule has 6 nitrogen and oxygen atoms in total. The molecule has 1 unspecified atom stereocenters. The molecule has 0 radical (unpaired) electrons. The van der Waals surface area contributed by atoms with Gasteiger partial charge < -0.3 is 24.2 Å². The Kier molecular flexibility index (Phi) is 9.44. The number of ether oxygens (including phenoxy) is 1. The summed E-state index contributed by atoms with van der Waals surface area (Å²) in [5.74, 6) is -1.41. The van der Waals surface area contributed by atoms with E-state index in [4.69, 9.17) is 16.3 Å². The van der Waals surface area contributed by atoms with Crippen molar-refractivity contribution in [2.75, 3.05) is 35.2 Å². The van der Waals surface area contributed by atoms with Crippen molar-refractivity contribution in [3.8, 4) is 28.0 Å². The number of nitrogens with zero attached hydrogens (tertiary/aromatic N) is 2. The standard InChI is InChI=1S/C35H36ClFN2O4S/c1-6-8-9-22(7-2)29-19-43-13-12-38(29)25-14-23-18-39(44-5)35-20(3)27(17-31(41)42)32(26-11-10-24(36)15-30(26)40)21(4)33(35)34(23)28(37)16-25/h6-11,14-16,29,40H,1,12-13,17-19H2,2-5H3,(H,41,42)/b9-8-,22-7+. The number of benzene rings is 3. The second-order valence-electron chi connectivity index (χ2n) is 10.9. The molecule has 0 bridgehead atoms. The number of carbonyl (C=O) groups is 1. The zero-order valence-corrected chi connectivity index (χ0v) is 26.9. The van der Waals surface area contributed by atoms with E-state index in [1.54, 1.807) is 24.3 Å². The summed E-state index contributed by atoms with van der Waals surface area (Å²) in [4.78, 5) is 14.3. The van der Waals surface area contributed by atoms with E-state index in [0.29, 0.717) is 64.7 Å².